The van der Waals surface area contributed by atoms with E-state index >= 15 is 0 Å². The maximum absolute atomic E-state index is 4.89. The summed E-state index contributed by atoms with van der Waals surface area (Å²) in [7, 11) is 0. The number of rotatable bonds is 2. The van der Waals surface area contributed by atoms with Crippen molar-refractivity contribution in [2.24, 2.45) is 0 Å². The number of aromatic nitrogens is 2. The van der Waals surface area contributed by atoms with Crippen LogP contribution < -0.4 is 0 Å². The van der Waals surface area contributed by atoms with Gasteiger partial charge in [-0.2, -0.15) is 29.4 Å². The molecule has 0 atom stereocenters. The Balaban J connectivity index is 0.00000182. The number of hydrogen-bond acceptors (Lipinski definition) is 1. The van der Waals surface area contributed by atoms with Crippen LogP contribution >= 0.6 is 0 Å². The first kappa shape index (κ1) is 18.1. The molecule has 0 unspecified atom stereocenters. The van der Waals surface area contributed by atoms with Gasteiger partial charge in [-0.05, 0) is 67.8 Å². The molecule has 0 fully saturated rings. The second-order valence-electron chi connectivity index (χ2n) is 6.87. The fourth-order valence-electron chi connectivity index (χ4n) is 3.93. The number of aryl methyl sites for hydroxylation is 3. The molecule has 2 heterocycles. The molecule has 0 saturated carbocycles. The molecule has 25 heavy (non-hydrogen) atoms. The Hall–Kier alpha value is -1.70. The molecule has 0 aliphatic carbocycles. The molecule has 2 aromatic carbocycles. The van der Waals surface area contributed by atoms with Crippen LogP contribution in [0.25, 0.3) is 27.2 Å². The molecule has 3 heteroatoms. The van der Waals surface area contributed by atoms with Crippen molar-refractivity contribution in [3.8, 4) is 0 Å². The van der Waals surface area contributed by atoms with Crippen LogP contribution in [0.1, 0.15) is 41.3 Å². The van der Waals surface area contributed by atoms with Gasteiger partial charge in [0.1, 0.15) is 0 Å². The van der Waals surface area contributed by atoms with Crippen molar-refractivity contribution in [2.75, 3.05) is 0 Å². The number of pyridine rings is 1. The Morgan fingerprint density at radius 3 is 2.36 bits per heavy atom. The summed E-state index contributed by atoms with van der Waals surface area (Å²) in [6.07, 6.45) is 2.12. The van der Waals surface area contributed by atoms with E-state index in [1.807, 2.05) is 6.07 Å². The zero-order valence-electron chi connectivity index (χ0n) is 15.5. The topological polar surface area (TPSA) is 17.3 Å². The molecule has 1 radical (unpaired) electrons. The molecule has 131 valence electrons. The number of benzene rings is 2. The van der Waals surface area contributed by atoms with Gasteiger partial charge < -0.3 is 0 Å². The standard InChI is InChI=1S/C22H23N2.Ir/c1-6-9-17-12-20-22-16(5)14(3)13(2)15(4)21(22)18-10-7-8-11-19(18)24(20)23-17;/h7-8,10,12H,6,9H2,1-5H3;/q-1;. The Labute approximate surface area is 162 Å². The van der Waals surface area contributed by atoms with Gasteiger partial charge in [0.15, 0.2) is 0 Å². The number of para-hydroxylation sites is 1. The third kappa shape index (κ3) is 2.53. The molecule has 0 spiro atoms. The fourth-order valence-corrected chi connectivity index (χ4v) is 3.93. The van der Waals surface area contributed by atoms with Gasteiger partial charge >= 0.3 is 0 Å². The van der Waals surface area contributed by atoms with E-state index < -0.39 is 0 Å². The van der Waals surface area contributed by atoms with Crippen LogP contribution in [0, 0.1) is 33.8 Å². The molecule has 4 rings (SSSR count). The minimum Gasteiger partial charge on any atom is -0.257 e. The predicted octanol–water partition coefficient (Wildman–Crippen LogP) is 5.62. The van der Waals surface area contributed by atoms with Gasteiger partial charge in [-0.25, -0.2) is 0 Å². The Morgan fingerprint density at radius 1 is 1.00 bits per heavy atom. The summed E-state index contributed by atoms with van der Waals surface area (Å²) in [4.78, 5) is 0. The predicted molar refractivity (Wildman–Crippen MR) is 102 cm³/mol. The average molecular weight is 508 g/mol. The largest absolute Gasteiger partial charge is 0.257 e. The Kier molecular flexibility index (Phi) is 4.74. The maximum Gasteiger partial charge on any atom is 0.0717 e. The third-order valence-electron chi connectivity index (χ3n) is 5.53. The van der Waals surface area contributed by atoms with Gasteiger partial charge in [0.25, 0.3) is 0 Å². The molecule has 0 bridgehead atoms. The van der Waals surface area contributed by atoms with E-state index in [1.165, 1.54) is 49.6 Å². The van der Waals surface area contributed by atoms with Crippen LogP contribution in [0.3, 0.4) is 0 Å². The van der Waals surface area contributed by atoms with Gasteiger partial charge in [-0.3, -0.25) is 4.52 Å². The molecule has 0 aliphatic rings. The summed E-state index contributed by atoms with van der Waals surface area (Å²) in [5, 5.41) is 8.84. The number of nitrogens with zero attached hydrogens (tertiary/aromatic N) is 2. The zero-order valence-corrected chi connectivity index (χ0v) is 17.8. The minimum atomic E-state index is 0. The molecule has 0 amide bonds. The van der Waals surface area contributed by atoms with Crippen molar-refractivity contribution in [1.82, 2.24) is 9.61 Å². The van der Waals surface area contributed by atoms with Crippen LogP contribution in [-0.2, 0) is 26.5 Å². The molecule has 0 N–H and O–H groups in total. The zero-order chi connectivity index (χ0) is 17.0. The van der Waals surface area contributed by atoms with Crippen molar-refractivity contribution in [2.45, 2.75) is 47.5 Å². The van der Waals surface area contributed by atoms with Crippen molar-refractivity contribution in [1.29, 1.82) is 0 Å². The van der Waals surface area contributed by atoms with E-state index in [-0.39, 0.29) is 20.1 Å². The first-order valence-corrected chi connectivity index (χ1v) is 8.75. The molecule has 0 saturated heterocycles. The van der Waals surface area contributed by atoms with E-state index in [2.05, 4.69) is 63.4 Å². The Morgan fingerprint density at radius 2 is 1.68 bits per heavy atom. The van der Waals surface area contributed by atoms with Gasteiger partial charge in [0, 0.05) is 20.1 Å². The number of hydrogen-bond donors (Lipinski definition) is 0. The van der Waals surface area contributed by atoms with Gasteiger partial charge in [-0.15, -0.1) is 5.39 Å². The Bertz CT molecular complexity index is 1110. The van der Waals surface area contributed by atoms with Crippen LogP contribution in [0.2, 0.25) is 0 Å². The molecule has 2 nitrogen and oxygen atoms in total. The summed E-state index contributed by atoms with van der Waals surface area (Å²) in [6.45, 7) is 11.2. The fraction of sp³-hybridized carbons (Fsp3) is 0.318. The quantitative estimate of drug-likeness (QED) is 0.254. The summed E-state index contributed by atoms with van der Waals surface area (Å²) in [5.74, 6) is 0. The first-order chi connectivity index (χ1) is 11.5. The van der Waals surface area contributed by atoms with Gasteiger partial charge in [0.05, 0.1) is 11.2 Å². The van der Waals surface area contributed by atoms with Crippen molar-refractivity contribution in [3.63, 3.8) is 0 Å². The van der Waals surface area contributed by atoms with E-state index in [4.69, 9.17) is 5.10 Å². The smallest absolute Gasteiger partial charge is 0.0717 e. The van der Waals surface area contributed by atoms with E-state index in [0.29, 0.717) is 0 Å². The number of fused-ring (bicyclic) bond motifs is 6. The SMILES string of the molecule is CCCc1cc2c3c(C)c(C)c(C)c(C)c3c3ccc[c-]c3n2n1.[Ir]. The van der Waals surface area contributed by atoms with Gasteiger partial charge in [0.2, 0.25) is 0 Å². The summed E-state index contributed by atoms with van der Waals surface area (Å²) < 4.78 is 2.10. The molecular formula is C22H23IrN2-. The molecule has 2 aromatic heterocycles. The maximum atomic E-state index is 4.89. The molecule has 4 aromatic rings. The summed E-state index contributed by atoms with van der Waals surface area (Å²) in [6, 6.07) is 12.0. The van der Waals surface area contributed by atoms with Crippen LogP contribution in [-0.4, -0.2) is 9.61 Å². The van der Waals surface area contributed by atoms with Crippen LogP contribution in [0.15, 0.2) is 24.3 Å². The molecule has 0 aliphatic heterocycles. The van der Waals surface area contributed by atoms with E-state index in [1.54, 1.807) is 0 Å². The summed E-state index contributed by atoms with van der Waals surface area (Å²) >= 11 is 0. The van der Waals surface area contributed by atoms with Gasteiger partial charge in [-0.1, -0.05) is 24.3 Å². The van der Waals surface area contributed by atoms with Crippen molar-refractivity contribution < 1.29 is 20.1 Å². The second kappa shape index (κ2) is 6.55. The molecular weight excluding hydrogens is 484 g/mol. The average Bonchev–Trinajstić information content (AvgIpc) is 3.01. The van der Waals surface area contributed by atoms with Crippen molar-refractivity contribution in [3.05, 3.63) is 58.3 Å². The van der Waals surface area contributed by atoms with Crippen LogP contribution in [0.5, 0.6) is 0 Å². The van der Waals surface area contributed by atoms with E-state index in [9.17, 15) is 0 Å². The third-order valence-corrected chi connectivity index (χ3v) is 5.53. The normalized spacial score (nSPS) is 11.4. The van der Waals surface area contributed by atoms with Crippen molar-refractivity contribution >= 4 is 27.2 Å². The van der Waals surface area contributed by atoms with Crippen LogP contribution in [0.4, 0.5) is 0 Å². The monoisotopic (exact) mass is 508 g/mol. The second-order valence-corrected chi connectivity index (χ2v) is 6.87. The summed E-state index contributed by atoms with van der Waals surface area (Å²) in [5.41, 5.74) is 8.98. The first-order valence-electron chi connectivity index (χ1n) is 8.75. The minimum absolute atomic E-state index is 0. The van der Waals surface area contributed by atoms with E-state index in [0.717, 1.165) is 18.4 Å².